The van der Waals surface area contributed by atoms with Crippen molar-refractivity contribution in [3.63, 3.8) is 0 Å². The van der Waals surface area contributed by atoms with E-state index in [-0.39, 0.29) is 10.9 Å². The second-order valence-electron chi connectivity index (χ2n) is 8.25. The molecule has 0 unspecified atom stereocenters. The largest absolute Gasteiger partial charge is 0.367 e. The standard InChI is InChI=1S/C31H25N2S/c1-3-11-25(12-4-1)34(26-13-5-2-6-14-26)27-21-19-24(20-22-27)32-23-33-30-17-9-7-15-28(30)29-16-8-10-18-31(29)33/h1-22,32H,23H2/q+1. The first-order valence-electron chi connectivity index (χ1n) is 11.5. The van der Waals surface area contributed by atoms with Gasteiger partial charge in [0.1, 0.15) is 0 Å². The fourth-order valence-electron chi connectivity index (χ4n) is 4.57. The molecule has 2 nitrogen and oxygen atoms in total. The molecule has 0 fully saturated rings. The van der Waals surface area contributed by atoms with Gasteiger partial charge in [0, 0.05) is 16.5 Å². The van der Waals surface area contributed by atoms with Crippen molar-refractivity contribution in [1.82, 2.24) is 4.57 Å². The molecule has 1 N–H and O–H groups in total. The highest BCUT2D eigenvalue weighted by Gasteiger charge is 2.28. The van der Waals surface area contributed by atoms with Crippen LogP contribution in [0.25, 0.3) is 21.8 Å². The molecule has 0 saturated carbocycles. The second-order valence-corrected chi connectivity index (χ2v) is 10.3. The molecule has 5 aromatic carbocycles. The zero-order chi connectivity index (χ0) is 22.7. The summed E-state index contributed by atoms with van der Waals surface area (Å²) in [6, 6.07) is 47.8. The van der Waals surface area contributed by atoms with Crippen molar-refractivity contribution in [2.75, 3.05) is 5.32 Å². The van der Waals surface area contributed by atoms with Crippen LogP contribution < -0.4 is 5.32 Å². The summed E-state index contributed by atoms with van der Waals surface area (Å²) in [5, 5.41) is 6.24. The van der Waals surface area contributed by atoms with Gasteiger partial charge in [0.2, 0.25) is 0 Å². The van der Waals surface area contributed by atoms with Gasteiger partial charge in [-0.2, -0.15) is 0 Å². The second kappa shape index (κ2) is 9.12. The van der Waals surface area contributed by atoms with Gasteiger partial charge in [0.25, 0.3) is 0 Å². The van der Waals surface area contributed by atoms with E-state index < -0.39 is 0 Å². The summed E-state index contributed by atoms with van der Waals surface area (Å²) in [4.78, 5) is 3.99. The molecule has 0 aliphatic rings. The highest BCUT2D eigenvalue weighted by Crippen LogP contribution is 2.32. The van der Waals surface area contributed by atoms with E-state index in [2.05, 4.69) is 143 Å². The molecule has 164 valence electrons. The summed E-state index contributed by atoms with van der Waals surface area (Å²) in [7, 11) is -0.127. The van der Waals surface area contributed by atoms with Crippen LogP contribution in [-0.4, -0.2) is 4.57 Å². The number of benzene rings is 5. The maximum Gasteiger partial charge on any atom is 0.166 e. The van der Waals surface area contributed by atoms with Crippen molar-refractivity contribution in [2.24, 2.45) is 0 Å². The van der Waals surface area contributed by atoms with Gasteiger partial charge in [-0.1, -0.05) is 72.8 Å². The Labute approximate surface area is 202 Å². The van der Waals surface area contributed by atoms with Crippen molar-refractivity contribution >= 4 is 38.4 Å². The molecule has 0 atom stereocenters. The Morgan fingerprint density at radius 3 is 1.44 bits per heavy atom. The minimum Gasteiger partial charge on any atom is -0.367 e. The minimum absolute atomic E-state index is 0.127. The quantitative estimate of drug-likeness (QED) is 0.251. The van der Waals surface area contributed by atoms with Gasteiger partial charge >= 0.3 is 0 Å². The summed E-state index contributed by atoms with van der Waals surface area (Å²) in [5.41, 5.74) is 3.63. The van der Waals surface area contributed by atoms with E-state index in [0.29, 0.717) is 0 Å². The predicted octanol–water partition coefficient (Wildman–Crippen LogP) is 7.96. The summed E-state index contributed by atoms with van der Waals surface area (Å²) in [6.45, 7) is 0.719. The van der Waals surface area contributed by atoms with E-state index in [1.54, 1.807) is 0 Å². The third-order valence-corrected chi connectivity index (χ3v) is 8.40. The molecular weight excluding hydrogens is 432 g/mol. The number of anilines is 1. The van der Waals surface area contributed by atoms with Crippen molar-refractivity contribution in [2.45, 2.75) is 21.4 Å². The maximum atomic E-state index is 3.64. The van der Waals surface area contributed by atoms with Crippen LogP contribution in [-0.2, 0) is 17.6 Å². The monoisotopic (exact) mass is 457 g/mol. The Balaban J connectivity index is 1.30. The molecule has 34 heavy (non-hydrogen) atoms. The van der Waals surface area contributed by atoms with Gasteiger partial charge in [-0.05, 0) is 60.7 Å². The Kier molecular flexibility index (Phi) is 5.54. The lowest BCUT2D eigenvalue weighted by molar-refractivity contribution is 0.841. The molecule has 0 aliphatic heterocycles. The smallest absolute Gasteiger partial charge is 0.166 e. The summed E-state index contributed by atoms with van der Waals surface area (Å²) in [6.07, 6.45) is 0. The SMILES string of the molecule is c1ccc([S+](c2ccccc2)c2ccc(NCn3c4ccccc4c4ccccc43)cc2)cc1. The normalized spacial score (nSPS) is 11.3. The lowest BCUT2D eigenvalue weighted by Gasteiger charge is -2.12. The third-order valence-electron chi connectivity index (χ3n) is 6.17. The van der Waals surface area contributed by atoms with Crippen molar-refractivity contribution in [3.05, 3.63) is 133 Å². The number of aromatic nitrogens is 1. The van der Waals surface area contributed by atoms with Crippen LogP contribution in [0.2, 0.25) is 0 Å². The zero-order valence-electron chi connectivity index (χ0n) is 18.8. The number of nitrogens with one attached hydrogen (secondary N) is 1. The summed E-state index contributed by atoms with van der Waals surface area (Å²) in [5.74, 6) is 0. The Bertz CT molecular complexity index is 1440. The average molecular weight is 458 g/mol. The van der Waals surface area contributed by atoms with Crippen molar-refractivity contribution < 1.29 is 0 Å². The molecule has 1 aromatic heterocycles. The first kappa shape index (κ1) is 20.6. The molecule has 0 spiro atoms. The summed E-state index contributed by atoms with van der Waals surface area (Å²) >= 11 is 0. The summed E-state index contributed by atoms with van der Waals surface area (Å²) < 4.78 is 2.36. The van der Waals surface area contributed by atoms with Gasteiger partial charge in [0.15, 0.2) is 14.7 Å². The molecule has 6 aromatic rings. The van der Waals surface area contributed by atoms with Crippen LogP contribution >= 0.6 is 0 Å². The lowest BCUT2D eigenvalue weighted by atomic mass is 10.2. The molecule has 0 bridgehead atoms. The first-order chi connectivity index (χ1) is 16.9. The number of rotatable bonds is 6. The Hall–Kier alpha value is -3.95. The molecular formula is C31H25N2S+. The van der Waals surface area contributed by atoms with E-state index in [1.165, 1.54) is 36.5 Å². The fraction of sp³-hybridized carbons (Fsp3) is 0.0323. The third kappa shape index (κ3) is 3.85. The molecule has 3 heteroatoms. The minimum atomic E-state index is -0.127. The van der Waals surface area contributed by atoms with Crippen molar-refractivity contribution in [1.29, 1.82) is 0 Å². The van der Waals surface area contributed by atoms with E-state index in [1.807, 2.05) is 0 Å². The number of fused-ring (bicyclic) bond motifs is 3. The number of nitrogens with zero attached hydrogens (tertiary/aromatic N) is 1. The Morgan fingerprint density at radius 2 is 0.912 bits per heavy atom. The highest BCUT2D eigenvalue weighted by atomic mass is 32.2. The number of para-hydroxylation sites is 2. The van der Waals surface area contributed by atoms with E-state index in [0.717, 1.165) is 12.4 Å². The van der Waals surface area contributed by atoms with Gasteiger partial charge in [-0.25, -0.2) is 0 Å². The lowest BCUT2D eigenvalue weighted by Crippen LogP contribution is -2.08. The molecule has 6 rings (SSSR count). The van der Waals surface area contributed by atoms with Crippen molar-refractivity contribution in [3.8, 4) is 0 Å². The Morgan fingerprint density at radius 1 is 0.471 bits per heavy atom. The molecule has 0 amide bonds. The number of hydrogen-bond acceptors (Lipinski definition) is 1. The first-order valence-corrected chi connectivity index (χ1v) is 12.8. The highest BCUT2D eigenvalue weighted by molar-refractivity contribution is 7.97. The van der Waals surface area contributed by atoms with Crippen LogP contribution in [0.4, 0.5) is 5.69 Å². The van der Waals surface area contributed by atoms with Gasteiger partial charge in [0.05, 0.1) is 28.6 Å². The van der Waals surface area contributed by atoms with Crippen LogP contribution in [0.3, 0.4) is 0 Å². The maximum absolute atomic E-state index is 3.64. The van der Waals surface area contributed by atoms with Crippen LogP contribution in [0.5, 0.6) is 0 Å². The molecule has 1 heterocycles. The topological polar surface area (TPSA) is 17.0 Å². The number of hydrogen-bond donors (Lipinski definition) is 1. The molecule has 0 aliphatic carbocycles. The van der Waals surface area contributed by atoms with Gasteiger partial charge in [-0.15, -0.1) is 0 Å². The van der Waals surface area contributed by atoms with Crippen LogP contribution in [0.1, 0.15) is 0 Å². The fourth-order valence-corrected chi connectivity index (χ4v) is 6.66. The predicted molar refractivity (Wildman–Crippen MR) is 145 cm³/mol. The average Bonchev–Trinajstić information content (AvgIpc) is 3.23. The molecule has 0 saturated heterocycles. The van der Waals surface area contributed by atoms with Gasteiger partial charge in [-0.3, -0.25) is 0 Å². The zero-order valence-corrected chi connectivity index (χ0v) is 19.6. The van der Waals surface area contributed by atoms with Gasteiger partial charge < -0.3 is 9.88 Å². The van der Waals surface area contributed by atoms with E-state index >= 15 is 0 Å². The van der Waals surface area contributed by atoms with E-state index in [4.69, 9.17) is 0 Å². The molecule has 0 radical (unpaired) electrons. The van der Waals surface area contributed by atoms with E-state index in [9.17, 15) is 0 Å². The van der Waals surface area contributed by atoms with Crippen LogP contribution in [0.15, 0.2) is 148 Å². The van der Waals surface area contributed by atoms with Crippen LogP contribution in [0, 0.1) is 0 Å².